The van der Waals surface area contributed by atoms with Crippen molar-refractivity contribution in [2.24, 2.45) is 0 Å². The number of hydrogen-bond acceptors (Lipinski definition) is 3. The summed E-state index contributed by atoms with van der Waals surface area (Å²) in [6, 6.07) is 1.10. The van der Waals surface area contributed by atoms with E-state index in [2.05, 4.69) is 29.6 Å². The average Bonchev–Trinajstić information content (AvgIpc) is 2.87. The maximum atomic E-state index is 11.9. The second-order valence-corrected chi connectivity index (χ2v) is 5.28. The van der Waals surface area contributed by atoms with Crippen LogP contribution in [0.1, 0.15) is 32.1 Å². The van der Waals surface area contributed by atoms with Crippen LogP contribution in [0, 0.1) is 0 Å². The molecule has 1 saturated carbocycles. The van der Waals surface area contributed by atoms with Crippen LogP contribution in [0.15, 0.2) is 0 Å². The number of rotatable bonds is 3. The van der Waals surface area contributed by atoms with Crippen molar-refractivity contribution < 1.29 is 4.79 Å². The van der Waals surface area contributed by atoms with E-state index in [0.29, 0.717) is 12.1 Å². The summed E-state index contributed by atoms with van der Waals surface area (Å²) in [5, 5.41) is 6.42. The smallest absolute Gasteiger partial charge is 0.237 e. The molecule has 0 spiro atoms. The molecule has 1 heterocycles. The van der Waals surface area contributed by atoms with Gasteiger partial charge in [-0.15, -0.1) is 12.4 Å². The second-order valence-electron chi connectivity index (χ2n) is 5.28. The van der Waals surface area contributed by atoms with Crippen molar-refractivity contribution >= 4 is 18.3 Å². The van der Waals surface area contributed by atoms with Crippen LogP contribution in [-0.4, -0.2) is 49.6 Å². The fourth-order valence-electron chi connectivity index (χ4n) is 2.77. The van der Waals surface area contributed by atoms with Gasteiger partial charge in [-0.2, -0.15) is 0 Å². The number of hydrogen-bond donors (Lipinski definition) is 2. The zero-order valence-corrected chi connectivity index (χ0v) is 11.6. The largest absolute Gasteiger partial charge is 0.352 e. The molecule has 0 aromatic carbocycles. The van der Waals surface area contributed by atoms with Crippen LogP contribution in [0.2, 0.25) is 0 Å². The molecule has 0 aromatic heterocycles. The predicted octanol–water partition coefficient (Wildman–Crippen LogP) is 0.759. The molecule has 4 nitrogen and oxygen atoms in total. The third-order valence-electron chi connectivity index (χ3n) is 3.86. The number of amides is 1. The molecule has 2 rings (SSSR count). The lowest BCUT2D eigenvalue weighted by Crippen LogP contribution is -2.44. The van der Waals surface area contributed by atoms with E-state index < -0.39 is 0 Å². The van der Waals surface area contributed by atoms with Gasteiger partial charge in [0.15, 0.2) is 0 Å². The number of halogens is 1. The zero-order chi connectivity index (χ0) is 11.5. The summed E-state index contributed by atoms with van der Waals surface area (Å²) >= 11 is 0. The Morgan fingerprint density at radius 2 is 2.06 bits per heavy atom. The Labute approximate surface area is 110 Å². The first kappa shape index (κ1) is 14.7. The Bertz CT molecular complexity index is 254. The highest BCUT2D eigenvalue weighted by Crippen LogP contribution is 2.22. The molecule has 2 aliphatic rings. The van der Waals surface area contributed by atoms with Gasteiger partial charge in [-0.1, -0.05) is 0 Å². The molecule has 3 unspecified atom stereocenters. The highest BCUT2D eigenvalue weighted by Gasteiger charge is 2.29. The molecule has 1 saturated heterocycles. The average molecular weight is 262 g/mol. The maximum absolute atomic E-state index is 11.9. The van der Waals surface area contributed by atoms with Crippen molar-refractivity contribution in [1.29, 1.82) is 0 Å². The third-order valence-corrected chi connectivity index (χ3v) is 3.86. The van der Waals surface area contributed by atoms with Crippen LogP contribution in [0.5, 0.6) is 0 Å². The Hall–Kier alpha value is -0.320. The van der Waals surface area contributed by atoms with Crippen molar-refractivity contribution in [2.75, 3.05) is 20.6 Å². The van der Waals surface area contributed by atoms with E-state index in [0.717, 1.165) is 32.2 Å². The normalized spacial score (nSPS) is 32.5. The first-order valence-corrected chi connectivity index (χ1v) is 6.37. The van der Waals surface area contributed by atoms with Crippen molar-refractivity contribution in [3.63, 3.8) is 0 Å². The number of carbonyl (C=O) groups is 1. The summed E-state index contributed by atoms with van der Waals surface area (Å²) in [5.74, 6) is 0.210. The van der Waals surface area contributed by atoms with Crippen molar-refractivity contribution in [3.05, 3.63) is 0 Å². The summed E-state index contributed by atoms with van der Waals surface area (Å²) in [7, 11) is 4.24. The van der Waals surface area contributed by atoms with Crippen molar-refractivity contribution in [3.8, 4) is 0 Å². The molecule has 17 heavy (non-hydrogen) atoms. The SMILES string of the molecule is CN(C)C1CCC(NC(=O)C2CCCN2)C1.Cl. The van der Waals surface area contributed by atoms with Gasteiger partial charge in [-0.25, -0.2) is 0 Å². The van der Waals surface area contributed by atoms with E-state index in [1.807, 2.05) is 0 Å². The number of nitrogens with one attached hydrogen (secondary N) is 2. The quantitative estimate of drug-likeness (QED) is 0.789. The lowest BCUT2D eigenvalue weighted by atomic mass is 10.2. The first-order valence-electron chi connectivity index (χ1n) is 6.37. The standard InChI is InChI=1S/C12H23N3O.ClH/c1-15(2)10-6-5-9(8-10)14-12(16)11-4-3-7-13-11;/h9-11,13H,3-8H2,1-2H3,(H,14,16);1H. The minimum atomic E-state index is 0. The van der Waals surface area contributed by atoms with Crippen LogP contribution in [0.4, 0.5) is 0 Å². The molecule has 1 amide bonds. The summed E-state index contributed by atoms with van der Waals surface area (Å²) in [5.41, 5.74) is 0. The zero-order valence-electron chi connectivity index (χ0n) is 10.7. The summed E-state index contributed by atoms with van der Waals surface area (Å²) in [6.07, 6.45) is 5.56. The lowest BCUT2D eigenvalue weighted by molar-refractivity contribution is -0.123. The minimum absolute atomic E-state index is 0. The molecule has 3 atom stereocenters. The summed E-state index contributed by atoms with van der Waals surface area (Å²) < 4.78 is 0. The molecule has 0 radical (unpaired) electrons. The van der Waals surface area contributed by atoms with Gasteiger partial charge < -0.3 is 15.5 Å². The van der Waals surface area contributed by atoms with E-state index in [9.17, 15) is 4.79 Å². The highest BCUT2D eigenvalue weighted by atomic mass is 35.5. The molecule has 5 heteroatoms. The maximum Gasteiger partial charge on any atom is 0.237 e. The van der Waals surface area contributed by atoms with Crippen molar-refractivity contribution in [2.45, 2.75) is 50.2 Å². The van der Waals surface area contributed by atoms with Crippen LogP contribution in [0.25, 0.3) is 0 Å². The fourth-order valence-corrected chi connectivity index (χ4v) is 2.77. The Balaban J connectivity index is 0.00000144. The number of carbonyl (C=O) groups excluding carboxylic acids is 1. The van der Waals surface area contributed by atoms with Gasteiger partial charge in [0.25, 0.3) is 0 Å². The Morgan fingerprint density at radius 1 is 1.29 bits per heavy atom. The van der Waals surface area contributed by atoms with Crippen LogP contribution < -0.4 is 10.6 Å². The molecule has 0 aromatic rings. The topological polar surface area (TPSA) is 44.4 Å². The lowest BCUT2D eigenvalue weighted by Gasteiger charge is -2.20. The second kappa shape index (κ2) is 6.57. The van der Waals surface area contributed by atoms with Gasteiger partial charge in [0.1, 0.15) is 0 Å². The predicted molar refractivity (Wildman–Crippen MR) is 71.5 cm³/mol. The van der Waals surface area contributed by atoms with Gasteiger partial charge in [0.05, 0.1) is 6.04 Å². The first-order chi connectivity index (χ1) is 7.66. The molecule has 100 valence electrons. The number of nitrogens with zero attached hydrogens (tertiary/aromatic N) is 1. The third kappa shape index (κ3) is 3.83. The molecule has 2 N–H and O–H groups in total. The van der Waals surface area contributed by atoms with Crippen LogP contribution in [0.3, 0.4) is 0 Å². The molecular weight excluding hydrogens is 238 g/mol. The monoisotopic (exact) mass is 261 g/mol. The summed E-state index contributed by atoms with van der Waals surface area (Å²) in [6.45, 7) is 0.989. The van der Waals surface area contributed by atoms with Gasteiger partial charge in [-0.05, 0) is 52.7 Å². The fraction of sp³-hybridized carbons (Fsp3) is 0.917. The van der Waals surface area contributed by atoms with Crippen LogP contribution in [-0.2, 0) is 4.79 Å². The van der Waals surface area contributed by atoms with Crippen LogP contribution >= 0.6 is 12.4 Å². The van der Waals surface area contributed by atoms with E-state index in [4.69, 9.17) is 0 Å². The van der Waals surface area contributed by atoms with E-state index >= 15 is 0 Å². The van der Waals surface area contributed by atoms with Gasteiger partial charge in [-0.3, -0.25) is 4.79 Å². The molecular formula is C12H24ClN3O. The van der Waals surface area contributed by atoms with E-state index in [-0.39, 0.29) is 24.4 Å². The van der Waals surface area contributed by atoms with Crippen molar-refractivity contribution in [1.82, 2.24) is 15.5 Å². The van der Waals surface area contributed by atoms with Gasteiger partial charge in [0, 0.05) is 12.1 Å². The molecule has 1 aliphatic heterocycles. The summed E-state index contributed by atoms with van der Waals surface area (Å²) in [4.78, 5) is 14.2. The van der Waals surface area contributed by atoms with Gasteiger partial charge >= 0.3 is 0 Å². The molecule has 1 aliphatic carbocycles. The Morgan fingerprint density at radius 3 is 2.59 bits per heavy atom. The molecule has 2 fully saturated rings. The Kier molecular flexibility index (Phi) is 5.70. The van der Waals surface area contributed by atoms with E-state index in [1.54, 1.807) is 0 Å². The highest BCUT2D eigenvalue weighted by molar-refractivity contribution is 5.85. The molecule has 0 bridgehead atoms. The van der Waals surface area contributed by atoms with Gasteiger partial charge in [0.2, 0.25) is 5.91 Å². The van der Waals surface area contributed by atoms with E-state index in [1.165, 1.54) is 6.42 Å². The minimum Gasteiger partial charge on any atom is -0.352 e.